The first-order chi connectivity index (χ1) is 5.34. The van der Waals surface area contributed by atoms with E-state index in [1.165, 1.54) is 38.6 Å². The predicted molar refractivity (Wildman–Crippen MR) is 53.4 cm³/mol. The third-order valence-corrected chi connectivity index (χ3v) is 2.93. The summed E-state index contributed by atoms with van der Waals surface area (Å²) in [5, 5.41) is 0. The molecule has 0 N–H and O–H groups in total. The second-order valence-corrected chi connectivity index (χ2v) is 3.94. The van der Waals surface area contributed by atoms with Crippen molar-refractivity contribution >= 4 is 12.6 Å². The predicted octanol–water partition coefficient (Wildman–Crippen LogP) is 2.18. The minimum atomic E-state index is 0.884. The Balaban J connectivity index is 2.05. The van der Waals surface area contributed by atoms with Gasteiger partial charge in [-0.3, -0.25) is 0 Å². The van der Waals surface area contributed by atoms with Crippen LogP contribution in [0.15, 0.2) is 0 Å². The van der Waals surface area contributed by atoms with Gasteiger partial charge in [0.1, 0.15) is 0 Å². The van der Waals surface area contributed by atoms with Crippen molar-refractivity contribution in [2.45, 2.75) is 38.1 Å². The third kappa shape index (κ3) is 3.04. The fraction of sp³-hybridized carbons (Fsp3) is 1.00. The smallest absolute Gasteiger partial charge is 0.00926 e. The average Bonchev–Trinajstić information content (AvgIpc) is 2.37. The van der Waals surface area contributed by atoms with E-state index in [-0.39, 0.29) is 0 Å². The van der Waals surface area contributed by atoms with Crippen LogP contribution in [-0.2, 0) is 0 Å². The molecule has 2 heteroatoms. The van der Waals surface area contributed by atoms with Gasteiger partial charge >= 0.3 is 0 Å². The van der Waals surface area contributed by atoms with Crippen molar-refractivity contribution in [1.29, 1.82) is 0 Å². The highest BCUT2D eigenvalue weighted by molar-refractivity contribution is 7.80. The molecule has 1 saturated heterocycles. The van der Waals surface area contributed by atoms with E-state index in [0.717, 1.165) is 11.8 Å². The molecule has 1 aliphatic rings. The largest absolute Gasteiger partial charge is 0.303 e. The molecule has 0 aliphatic carbocycles. The summed E-state index contributed by atoms with van der Waals surface area (Å²) in [7, 11) is 2.25. The summed E-state index contributed by atoms with van der Waals surface area (Å²) in [5.41, 5.74) is 0. The Hall–Kier alpha value is 0.310. The molecule has 11 heavy (non-hydrogen) atoms. The highest BCUT2D eigenvalue weighted by Crippen LogP contribution is 2.19. The van der Waals surface area contributed by atoms with Crippen molar-refractivity contribution in [3.63, 3.8) is 0 Å². The topological polar surface area (TPSA) is 3.24 Å². The lowest BCUT2D eigenvalue weighted by Crippen LogP contribution is -2.24. The standard InChI is InChI=1S/C9H19NS/c1-10-7-4-6-9(10)5-2-3-8-11/h9,11H,2-8H2,1H3. The number of thiol groups is 1. The van der Waals surface area contributed by atoms with E-state index in [1.54, 1.807) is 0 Å². The van der Waals surface area contributed by atoms with E-state index in [0.29, 0.717) is 0 Å². The van der Waals surface area contributed by atoms with Gasteiger partial charge in [-0.15, -0.1) is 0 Å². The number of hydrogen-bond donors (Lipinski definition) is 1. The molecule has 1 nitrogen and oxygen atoms in total. The Morgan fingerprint density at radius 3 is 2.82 bits per heavy atom. The first-order valence-corrected chi connectivity index (χ1v) is 5.29. The first-order valence-electron chi connectivity index (χ1n) is 4.65. The van der Waals surface area contributed by atoms with Crippen LogP contribution in [0.2, 0.25) is 0 Å². The van der Waals surface area contributed by atoms with Gasteiger partial charge in [0, 0.05) is 6.04 Å². The number of likely N-dealkylation sites (tertiary alicyclic amines) is 1. The van der Waals surface area contributed by atoms with E-state index in [9.17, 15) is 0 Å². The monoisotopic (exact) mass is 173 g/mol. The maximum atomic E-state index is 4.21. The zero-order chi connectivity index (χ0) is 8.10. The molecule has 0 aromatic heterocycles. The lowest BCUT2D eigenvalue weighted by Gasteiger charge is -2.18. The minimum absolute atomic E-state index is 0.884. The molecule has 1 atom stereocenters. The lowest BCUT2D eigenvalue weighted by molar-refractivity contribution is 0.291. The zero-order valence-corrected chi connectivity index (χ0v) is 8.32. The normalized spacial score (nSPS) is 26.2. The van der Waals surface area contributed by atoms with Crippen LogP contribution in [0, 0.1) is 0 Å². The number of hydrogen-bond acceptors (Lipinski definition) is 2. The van der Waals surface area contributed by atoms with Crippen LogP contribution in [0.5, 0.6) is 0 Å². The van der Waals surface area contributed by atoms with E-state index < -0.39 is 0 Å². The fourth-order valence-corrected chi connectivity index (χ4v) is 2.06. The van der Waals surface area contributed by atoms with Gasteiger partial charge in [0.25, 0.3) is 0 Å². The van der Waals surface area contributed by atoms with Crippen molar-refractivity contribution in [3.05, 3.63) is 0 Å². The SMILES string of the molecule is CN1CCCC1CCCCS. The first kappa shape index (κ1) is 9.40. The van der Waals surface area contributed by atoms with Crippen LogP contribution in [0.4, 0.5) is 0 Å². The van der Waals surface area contributed by atoms with Gasteiger partial charge in [-0.25, -0.2) is 0 Å². The summed E-state index contributed by atoms with van der Waals surface area (Å²) >= 11 is 4.21. The van der Waals surface area contributed by atoms with Gasteiger partial charge in [-0.1, -0.05) is 6.42 Å². The summed E-state index contributed by atoms with van der Waals surface area (Å²) in [4.78, 5) is 2.50. The number of rotatable bonds is 4. The van der Waals surface area contributed by atoms with Crippen LogP contribution in [0.1, 0.15) is 32.1 Å². The van der Waals surface area contributed by atoms with Crippen LogP contribution < -0.4 is 0 Å². The zero-order valence-electron chi connectivity index (χ0n) is 7.42. The van der Waals surface area contributed by atoms with Crippen LogP contribution in [0.3, 0.4) is 0 Å². The molecular formula is C9H19NS. The molecule has 0 amide bonds. The van der Waals surface area contributed by atoms with Gasteiger partial charge in [0.05, 0.1) is 0 Å². The Morgan fingerprint density at radius 2 is 2.27 bits per heavy atom. The highest BCUT2D eigenvalue weighted by Gasteiger charge is 2.19. The second-order valence-electron chi connectivity index (χ2n) is 3.50. The molecule has 0 spiro atoms. The molecule has 1 rings (SSSR count). The van der Waals surface area contributed by atoms with Gasteiger partial charge < -0.3 is 4.90 Å². The van der Waals surface area contributed by atoms with Gasteiger partial charge in [0.2, 0.25) is 0 Å². The summed E-state index contributed by atoms with van der Waals surface area (Å²) in [6, 6.07) is 0.884. The summed E-state index contributed by atoms with van der Waals surface area (Å²) in [6.45, 7) is 1.31. The van der Waals surface area contributed by atoms with E-state index in [2.05, 4.69) is 24.6 Å². The van der Waals surface area contributed by atoms with E-state index >= 15 is 0 Å². The van der Waals surface area contributed by atoms with Crippen LogP contribution in [-0.4, -0.2) is 30.3 Å². The quantitative estimate of drug-likeness (QED) is 0.504. The van der Waals surface area contributed by atoms with Gasteiger partial charge in [-0.2, -0.15) is 12.6 Å². The number of nitrogens with zero attached hydrogens (tertiary/aromatic N) is 1. The summed E-state index contributed by atoms with van der Waals surface area (Å²) in [6.07, 6.45) is 6.86. The Bertz CT molecular complexity index is 106. The van der Waals surface area contributed by atoms with E-state index in [4.69, 9.17) is 0 Å². The molecule has 1 unspecified atom stereocenters. The van der Waals surface area contributed by atoms with Crippen molar-refractivity contribution in [1.82, 2.24) is 4.90 Å². The molecule has 1 heterocycles. The molecule has 1 aliphatic heterocycles. The van der Waals surface area contributed by atoms with Crippen molar-refractivity contribution in [2.24, 2.45) is 0 Å². The third-order valence-electron chi connectivity index (χ3n) is 2.62. The highest BCUT2D eigenvalue weighted by atomic mass is 32.1. The van der Waals surface area contributed by atoms with Crippen molar-refractivity contribution in [2.75, 3.05) is 19.3 Å². The van der Waals surface area contributed by atoms with Crippen LogP contribution in [0.25, 0.3) is 0 Å². The van der Waals surface area contributed by atoms with Crippen molar-refractivity contribution in [3.8, 4) is 0 Å². The van der Waals surface area contributed by atoms with E-state index in [1.807, 2.05) is 0 Å². The lowest BCUT2D eigenvalue weighted by atomic mass is 10.1. The van der Waals surface area contributed by atoms with Gasteiger partial charge in [0.15, 0.2) is 0 Å². The maximum absolute atomic E-state index is 4.21. The molecule has 0 aromatic carbocycles. The minimum Gasteiger partial charge on any atom is -0.303 e. The fourth-order valence-electron chi connectivity index (χ4n) is 1.84. The molecule has 0 aromatic rings. The summed E-state index contributed by atoms with van der Waals surface area (Å²) in [5.74, 6) is 1.05. The Morgan fingerprint density at radius 1 is 1.45 bits per heavy atom. The average molecular weight is 173 g/mol. The van der Waals surface area contributed by atoms with Crippen molar-refractivity contribution < 1.29 is 0 Å². The second kappa shape index (κ2) is 5.04. The Kier molecular flexibility index (Phi) is 4.31. The Labute approximate surface area is 75.6 Å². The summed E-state index contributed by atoms with van der Waals surface area (Å²) < 4.78 is 0. The maximum Gasteiger partial charge on any atom is 0.00926 e. The molecule has 0 radical (unpaired) electrons. The number of unbranched alkanes of at least 4 members (excludes halogenated alkanes) is 1. The van der Waals surface area contributed by atoms with Crippen LogP contribution >= 0.6 is 12.6 Å². The molecule has 66 valence electrons. The molecule has 0 bridgehead atoms. The molecule has 1 fully saturated rings. The van der Waals surface area contributed by atoms with Gasteiger partial charge in [-0.05, 0) is 45.0 Å². The molecular weight excluding hydrogens is 154 g/mol. The molecule has 0 saturated carbocycles.